The zero-order valence-electron chi connectivity index (χ0n) is 18.7. The topological polar surface area (TPSA) is 105 Å². The second-order valence-corrected chi connectivity index (χ2v) is 10.1. The van der Waals surface area contributed by atoms with Crippen LogP contribution in [-0.2, 0) is 22.9 Å². The highest BCUT2D eigenvalue weighted by Gasteiger charge is 2.18. The lowest BCUT2D eigenvalue weighted by Gasteiger charge is -2.16. The van der Waals surface area contributed by atoms with Crippen molar-refractivity contribution in [1.82, 2.24) is 9.97 Å². The second-order valence-electron chi connectivity index (χ2n) is 8.00. The number of sulfonamides is 1. The molecule has 0 fully saturated rings. The first-order chi connectivity index (χ1) is 16.9. The molecule has 0 unspecified atom stereocenters. The van der Waals surface area contributed by atoms with Crippen molar-refractivity contribution in [2.45, 2.75) is 17.7 Å². The van der Waals surface area contributed by atoms with Gasteiger partial charge in [-0.15, -0.1) is 0 Å². The van der Waals surface area contributed by atoms with Crippen LogP contribution in [0.1, 0.15) is 11.1 Å². The molecular weight excluding hydrogens is 486 g/mol. The number of fused-ring (bicyclic) bond motifs is 6. The van der Waals surface area contributed by atoms with Gasteiger partial charge in [0.25, 0.3) is 10.0 Å². The average Bonchev–Trinajstić information content (AvgIpc) is 2.86. The van der Waals surface area contributed by atoms with Gasteiger partial charge in [-0.3, -0.25) is 4.72 Å². The van der Waals surface area contributed by atoms with Crippen molar-refractivity contribution >= 4 is 50.5 Å². The van der Waals surface area contributed by atoms with Gasteiger partial charge in [-0.05, 0) is 66.4 Å². The van der Waals surface area contributed by atoms with Crippen LogP contribution in [0.3, 0.4) is 0 Å². The normalized spacial score (nSPS) is 12.7. The van der Waals surface area contributed by atoms with E-state index in [1.807, 2.05) is 30.3 Å². The van der Waals surface area contributed by atoms with Gasteiger partial charge in [0, 0.05) is 17.4 Å². The Labute approximate surface area is 208 Å². The number of halogens is 1. The van der Waals surface area contributed by atoms with Crippen molar-refractivity contribution in [2.24, 2.45) is 0 Å². The lowest BCUT2D eigenvalue weighted by Crippen LogP contribution is -2.14. The predicted molar refractivity (Wildman–Crippen MR) is 138 cm³/mol. The number of anilines is 5. The summed E-state index contributed by atoms with van der Waals surface area (Å²) in [7, 11) is -2.33. The van der Waals surface area contributed by atoms with Crippen LogP contribution in [-0.4, -0.2) is 25.5 Å². The second kappa shape index (κ2) is 9.44. The molecule has 178 valence electrons. The molecule has 5 rings (SSSR count). The van der Waals surface area contributed by atoms with E-state index in [1.54, 1.807) is 24.3 Å². The quantitative estimate of drug-likeness (QED) is 0.333. The maximum absolute atomic E-state index is 13.1. The first kappa shape index (κ1) is 22.9. The molecule has 0 aliphatic carbocycles. The van der Waals surface area contributed by atoms with Crippen LogP contribution in [0.5, 0.6) is 5.75 Å². The summed E-state index contributed by atoms with van der Waals surface area (Å²) in [5.41, 5.74) is 3.98. The molecule has 0 spiro atoms. The van der Waals surface area contributed by atoms with Crippen LogP contribution in [0, 0.1) is 0 Å². The predicted octanol–water partition coefficient (Wildman–Crippen LogP) is 5.53. The molecule has 6 bridgehead atoms. The highest BCUT2D eigenvalue weighted by Crippen LogP contribution is 2.30. The fourth-order valence-corrected chi connectivity index (χ4v) is 5.09. The van der Waals surface area contributed by atoms with Gasteiger partial charge in [0.2, 0.25) is 5.95 Å². The minimum Gasteiger partial charge on any atom is -0.497 e. The number of methoxy groups -OCH3 is 1. The summed E-state index contributed by atoms with van der Waals surface area (Å²) in [5, 5.41) is 6.79. The van der Waals surface area contributed by atoms with Crippen molar-refractivity contribution in [2.75, 3.05) is 22.5 Å². The molecule has 0 saturated heterocycles. The van der Waals surface area contributed by atoms with E-state index >= 15 is 0 Å². The molecule has 35 heavy (non-hydrogen) atoms. The van der Waals surface area contributed by atoms with E-state index in [2.05, 4.69) is 25.3 Å². The number of hydrogen-bond donors (Lipinski definition) is 3. The van der Waals surface area contributed by atoms with Crippen molar-refractivity contribution in [1.29, 1.82) is 0 Å². The fourth-order valence-electron chi connectivity index (χ4n) is 3.81. The Kier molecular flexibility index (Phi) is 6.19. The molecule has 1 aromatic heterocycles. The summed E-state index contributed by atoms with van der Waals surface area (Å²) in [6.45, 7) is 0. The first-order valence-electron chi connectivity index (χ1n) is 10.8. The molecule has 3 aromatic carbocycles. The Morgan fingerprint density at radius 2 is 1.80 bits per heavy atom. The highest BCUT2D eigenvalue weighted by molar-refractivity contribution is 7.92. The molecule has 8 nitrogen and oxygen atoms in total. The summed E-state index contributed by atoms with van der Waals surface area (Å²) in [6.07, 6.45) is 2.83. The molecule has 0 saturated carbocycles. The molecule has 0 amide bonds. The minimum atomic E-state index is -3.83. The van der Waals surface area contributed by atoms with Gasteiger partial charge in [0.15, 0.2) is 5.82 Å². The lowest BCUT2D eigenvalue weighted by atomic mass is 10.0. The average molecular weight is 508 g/mol. The number of benzene rings is 3. The lowest BCUT2D eigenvalue weighted by molar-refractivity contribution is 0.413. The summed E-state index contributed by atoms with van der Waals surface area (Å²) in [5.74, 6) is 1.32. The van der Waals surface area contributed by atoms with E-state index in [9.17, 15) is 8.42 Å². The Morgan fingerprint density at radius 3 is 2.66 bits per heavy atom. The molecule has 1 aliphatic rings. The van der Waals surface area contributed by atoms with E-state index < -0.39 is 10.0 Å². The van der Waals surface area contributed by atoms with Crippen molar-refractivity contribution in [3.63, 3.8) is 0 Å². The van der Waals surface area contributed by atoms with Crippen LogP contribution < -0.4 is 20.1 Å². The summed E-state index contributed by atoms with van der Waals surface area (Å²) in [4.78, 5) is 8.87. The van der Waals surface area contributed by atoms with Gasteiger partial charge in [-0.25, -0.2) is 13.4 Å². The number of rotatable bonds is 4. The van der Waals surface area contributed by atoms with Crippen LogP contribution in [0.25, 0.3) is 0 Å². The standard InChI is InChI=1S/C25H22ClN5O3S/c1-34-20-6-3-7-21(14-20)35(32,33)31-23-11-10-19-13-17(23)9-8-16-4-2-5-18(12-16)29-25-27-15-22(26)24(28-19)30-25/h2-7,10-15,31H,8-9H2,1H3,(H2,27,28,29,30). The Balaban J connectivity index is 1.54. The first-order valence-corrected chi connectivity index (χ1v) is 12.7. The third-order valence-electron chi connectivity index (χ3n) is 5.57. The maximum Gasteiger partial charge on any atom is 0.262 e. The molecule has 10 heteroatoms. The van der Waals surface area contributed by atoms with Gasteiger partial charge < -0.3 is 15.4 Å². The minimum absolute atomic E-state index is 0.120. The van der Waals surface area contributed by atoms with E-state index in [1.165, 1.54) is 25.4 Å². The third-order valence-corrected chi connectivity index (χ3v) is 7.21. The summed E-state index contributed by atoms with van der Waals surface area (Å²) in [6, 6.07) is 19.7. The number of nitrogens with zero attached hydrogens (tertiary/aromatic N) is 2. The largest absolute Gasteiger partial charge is 0.497 e. The Morgan fingerprint density at radius 1 is 0.971 bits per heavy atom. The monoisotopic (exact) mass is 507 g/mol. The SMILES string of the molecule is COc1cccc(S(=O)(=O)Nc2ccc3cc2CCc2cccc(c2)Nc2ncc(Cl)c(n2)N3)c1. The number of hydrogen-bond acceptors (Lipinski definition) is 7. The van der Waals surface area contributed by atoms with Crippen molar-refractivity contribution in [3.05, 3.63) is 89.1 Å². The van der Waals surface area contributed by atoms with E-state index in [0.717, 1.165) is 22.5 Å². The van der Waals surface area contributed by atoms with Gasteiger partial charge in [-0.2, -0.15) is 4.98 Å². The Hall–Kier alpha value is -3.82. The van der Waals surface area contributed by atoms with Crippen LogP contribution in [0.2, 0.25) is 5.02 Å². The van der Waals surface area contributed by atoms with Crippen LogP contribution in [0.4, 0.5) is 28.8 Å². The zero-order valence-corrected chi connectivity index (χ0v) is 20.3. The van der Waals surface area contributed by atoms with E-state index in [0.29, 0.717) is 41.1 Å². The van der Waals surface area contributed by atoms with E-state index in [4.69, 9.17) is 16.3 Å². The van der Waals surface area contributed by atoms with Gasteiger partial charge in [0.05, 0.1) is 23.9 Å². The van der Waals surface area contributed by atoms with Crippen molar-refractivity contribution < 1.29 is 13.2 Å². The fraction of sp³-hybridized carbons (Fsp3) is 0.120. The molecule has 2 heterocycles. The number of ether oxygens (including phenoxy) is 1. The molecule has 0 atom stereocenters. The van der Waals surface area contributed by atoms with Gasteiger partial charge >= 0.3 is 0 Å². The third kappa shape index (κ3) is 5.16. The zero-order chi connectivity index (χ0) is 24.4. The molecule has 3 N–H and O–H groups in total. The number of nitrogens with one attached hydrogen (secondary N) is 3. The molecule has 0 radical (unpaired) electrons. The highest BCUT2D eigenvalue weighted by atomic mass is 35.5. The van der Waals surface area contributed by atoms with E-state index in [-0.39, 0.29) is 4.90 Å². The number of aromatic nitrogens is 2. The van der Waals surface area contributed by atoms with Crippen LogP contribution in [0.15, 0.2) is 77.8 Å². The van der Waals surface area contributed by atoms with Gasteiger partial charge in [-0.1, -0.05) is 29.8 Å². The summed E-state index contributed by atoms with van der Waals surface area (Å²) < 4.78 is 34.2. The number of aryl methyl sites for hydroxylation is 2. The molecule has 1 aliphatic heterocycles. The maximum atomic E-state index is 13.1. The summed E-state index contributed by atoms with van der Waals surface area (Å²) >= 11 is 6.33. The Bertz CT molecular complexity index is 1510. The van der Waals surface area contributed by atoms with Crippen molar-refractivity contribution in [3.8, 4) is 5.75 Å². The van der Waals surface area contributed by atoms with Gasteiger partial charge in [0.1, 0.15) is 10.8 Å². The molecule has 4 aromatic rings. The smallest absolute Gasteiger partial charge is 0.262 e. The van der Waals surface area contributed by atoms with Crippen LogP contribution >= 0.6 is 11.6 Å². The molecular formula is C25H22ClN5O3S.